The highest BCUT2D eigenvalue weighted by Crippen LogP contribution is 2.19. The predicted molar refractivity (Wildman–Crippen MR) is 62.5 cm³/mol. The second-order valence-corrected chi connectivity index (χ2v) is 3.34. The molecule has 0 unspecified atom stereocenters. The van der Waals surface area contributed by atoms with Crippen LogP contribution < -0.4 is 5.32 Å². The maximum absolute atomic E-state index is 8.92. The topological polar surface area (TPSA) is 35.8 Å². The molecule has 2 nitrogen and oxygen atoms in total. The number of nitriles is 1. The first-order chi connectivity index (χ1) is 7.29. The van der Waals surface area contributed by atoms with Gasteiger partial charge in [-0.05, 0) is 25.0 Å². The number of nitrogens with one attached hydrogen (secondary N) is 1. The van der Waals surface area contributed by atoms with Crippen LogP contribution in [0.15, 0.2) is 18.2 Å². The molecule has 15 heavy (non-hydrogen) atoms. The number of benzene rings is 1. The number of hydrogen-bond donors (Lipinski definition) is 1. The van der Waals surface area contributed by atoms with E-state index < -0.39 is 0 Å². The van der Waals surface area contributed by atoms with Gasteiger partial charge in [0.2, 0.25) is 0 Å². The maximum atomic E-state index is 8.92. The van der Waals surface area contributed by atoms with Crippen molar-refractivity contribution in [3.8, 4) is 18.4 Å². The summed E-state index contributed by atoms with van der Waals surface area (Å²) in [5.41, 5.74) is 2.71. The summed E-state index contributed by atoms with van der Waals surface area (Å²) in [6, 6.07) is 7.87. The number of terminal acetylenes is 1. The molecule has 1 rings (SSSR count). The van der Waals surface area contributed by atoms with Crippen LogP contribution in [0.2, 0.25) is 0 Å². The molecule has 0 atom stereocenters. The molecule has 0 aromatic heterocycles. The lowest BCUT2D eigenvalue weighted by molar-refractivity contribution is 0.905. The SMILES string of the molecule is C#CCCCNc1c(C)cccc1C#N. The summed E-state index contributed by atoms with van der Waals surface area (Å²) >= 11 is 0. The van der Waals surface area contributed by atoms with Crippen molar-refractivity contribution in [1.82, 2.24) is 0 Å². The highest BCUT2D eigenvalue weighted by atomic mass is 14.9. The van der Waals surface area contributed by atoms with Crippen molar-refractivity contribution in [1.29, 1.82) is 5.26 Å². The Morgan fingerprint density at radius 3 is 2.93 bits per heavy atom. The summed E-state index contributed by atoms with van der Waals surface area (Å²) in [5.74, 6) is 2.59. The summed E-state index contributed by atoms with van der Waals surface area (Å²) in [4.78, 5) is 0. The van der Waals surface area contributed by atoms with E-state index in [0.717, 1.165) is 30.6 Å². The molecule has 0 fully saturated rings. The first-order valence-electron chi connectivity index (χ1n) is 4.96. The Labute approximate surface area is 90.9 Å². The van der Waals surface area contributed by atoms with Crippen LogP contribution in [0, 0.1) is 30.6 Å². The van der Waals surface area contributed by atoms with Gasteiger partial charge >= 0.3 is 0 Å². The molecule has 0 spiro atoms. The predicted octanol–water partition coefficient (Wildman–Crippen LogP) is 2.69. The average Bonchev–Trinajstić information content (AvgIpc) is 2.26. The van der Waals surface area contributed by atoms with Gasteiger partial charge in [0, 0.05) is 13.0 Å². The Morgan fingerprint density at radius 2 is 2.27 bits per heavy atom. The number of rotatable bonds is 4. The van der Waals surface area contributed by atoms with Crippen LogP contribution in [0.5, 0.6) is 0 Å². The molecular formula is C13H14N2. The fourth-order valence-electron chi connectivity index (χ4n) is 1.40. The lowest BCUT2D eigenvalue weighted by Crippen LogP contribution is -2.04. The zero-order valence-corrected chi connectivity index (χ0v) is 8.88. The van der Waals surface area contributed by atoms with Crippen molar-refractivity contribution < 1.29 is 0 Å². The van der Waals surface area contributed by atoms with Crippen LogP contribution >= 0.6 is 0 Å². The maximum Gasteiger partial charge on any atom is 0.101 e. The van der Waals surface area contributed by atoms with Crippen molar-refractivity contribution in [3.63, 3.8) is 0 Å². The van der Waals surface area contributed by atoms with E-state index in [9.17, 15) is 0 Å². The first kappa shape index (κ1) is 11.1. The summed E-state index contributed by atoms with van der Waals surface area (Å²) < 4.78 is 0. The third kappa shape index (κ3) is 3.04. The minimum Gasteiger partial charge on any atom is -0.384 e. The van der Waals surface area contributed by atoms with E-state index in [4.69, 9.17) is 11.7 Å². The van der Waals surface area contributed by atoms with E-state index in [-0.39, 0.29) is 0 Å². The van der Waals surface area contributed by atoms with Crippen molar-refractivity contribution >= 4 is 5.69 Å². The van der Waals surface area contributed by atoms with Gasteiger partial charge in [-0.25, -0.2) is 0 Å². The Bertz CT molecular complexity index is 408. The van der Waals surface area contributed by atoms with Gasteiger partial charge in [0.05, 0.1) is 11.3 Å². The zero-order valence-electron chi connectivity index (χ0n) is 8.88. The Kier molecular flexibility index (Phi) is 4.26. The monoisotopic (exact) mass is 198 g/mol. The minimum absolute atomic E-state index is 0.690. The third-order valence-electron chi connectivity index (χ3n) is 2.19. The number of para-hydroxylation sites is 1. The highest BCUT2D eigenvalue weighted by Gasteiger charge is 2.03. The molecule has 0 aliphatic carbocycles. The average molecular weight is 198 g/mol. The molecule has 1 N–H and O–H groups in total. The Balaban J connectivity index is 2.68. The molecule has 0 bridgehead atoms. The zero-order chi connectivity index (χ0) is 11.1. The van der Waals surface area contributed by atoms with Gasteiger partial charge < -0.3 is 5.32 Å². The van der Waals surface area contributed by atoms with Crippen LogP contribution in [0.3, 0.4) is 0 Å². The third-order valence-corrected chi connectivity index (χ3v) is 2.19. The fourth-order valence-corrected chi connectivity index (χ4v) is 1.40. The quantitative estimate of drug-likeness (QED) is 0.596. The number of aryl methyl sites for hydroxylation is 1. The second kappa shape index (κ2) is 5.73. The van der Waals surface area contributed by atoms with Gasteiger partial charge in [0.1, 0.15) is 6.07 Å². The van der Waals surface area contributed by atoms with Crippen LogP contribution in [0.4, 0.5) is 5.69 Å². The van der Waals surface area contributed by atoms with E-state index in [1.807, 2.05) is 25.1 Å². The van der Waals surface area contributed by atoms with E-state index in [1.54, 1.807) is 0 Å². The molecule has 76 valence electrons. The van der Waals surface area contributed by atoms with Crippen LogP contribution in [-0.2, 0) is 0 Å². The van der Waals surface area contributed by atoms with Crippen LogP contribution in [0.1, 0.15) is 24.0 Å². The van der Waals surface area contributed by atoms with Gasteiger partial charge in [0.15, 0.2) is 0 Å². The summed E-state index contributed by atoms with van der Waals surface area (Å²) in [6.07, 6.45) is 6.85. The molecular weight excluding hydrogens is 184 g/mol. The Hall–Kier alpha value is -1.93. The van der Waals surface area contributed by atoms with E-state index in [1.165, 1.54) is 0 Å². The van der Waals surface area contributed by atoms with Gasteiger partial charge in [-0.3, -0.25) is 0 Å². The molecule has 0 saturated carbocycles. The largest absolute Gasteiger partial charge is 0.384 e. The molecule has 0 aliphatic rings. The van der Waals surface area contributed by atoms with Crippen molar-refractivity contribution in [2.45, 2.75) is 19.8 Å². The molecule has 1 aromatic rings. The van der Waals surface area contributed by atoms with Crippen LogP contribution in [-0.4, -0.2) is 6.54 Å². The molecule has 0 radical (unpaired) electrons. The number of unbranched alkanes of at least 4 members (excludes halogenated alkanes) is 1. The lowest BCUT2D eigenvalue weighted by Gasteiger charge is -2.10. The molecule has 0 amide bonds. The normalized spacial score (nSPS) is 9.00. The number of anilines is 1. The number of hydrogen-bond acceptors (Lipinski definition) is 2. The van der Waals surface area contributed by atoms with Crippen LogP contribution in [0.25, 0.3) is 0 Å². The van der Waals surface area contributed by atoms with E-state index >= 15 is 0 Å². The molecule has 1 aromatic carbocycles. The Morgan fingerprint density at radius 1 is 1.47 bits per heavy atom. The molecule has 0 aliphatic heterocycles. The lowest BCUT2D eigenvalue weighted by atomic mass is 10.1. The highest BCUT2D eigenvalue weighted by molar-refractivity contribution is 5.62. The molecule has 0 saturated heterocycles. The minimum atomic E-state index is 0.690. The number of nitrogens with zero attached hydrogens (tertiary/aromatic N) is 1. The van der Waals surface area contributed by atoms with Gasteiger partial charge in [-0.1, -0.05) is 12.1 Å². The van der Waals surface area contributed by atoms with E-state index in [0.29, 0.717) is 5.56 Å². The summed E-state index contributed by atoms with van der Waals surface area (Å²) in [5, 5.41) is 12.2. The van der Waals surface area contributed by atoms with Gasteiger partial charge in [-0.15, -0.1) is 12.3 Å². The first-order valence-corrected chi connectivity index (χ1v) is 4.96. The fraction of sp³-hybridized carbons (Fsp3) is 0.308. The smallest absolute Gasteiger partial charge is 0.101 e. The van der Waals surface area contributed by atoms with Crippen molar-refractivity contribution in [2.75, 3.05) is 11.9 Å². The standard InChI is InChI=1S/C13H14N2/c1-3-4-5-9-15-13-11(2)7-6-8-12(13)10-14/h1,6-8,15H,4-5,9H2,2H3. The van der Waals surface area contributed by atoms with E-state index in [2.05, 4.69) is 17.3 Å². The van der Waals surface area contributed by atoms with Crippen molar-refractivity contribution in [3.05, 3.63) is 29.3 Å². The summed E-state index contributed by atoms with van der Waals surface area (Å²) in [7, 11) is 0. The van der Waals surface area contributed by atoms with Gasteiger partial charge in [-0.2, -0.15) is 5.26 Å². The summed E-state index contributed by atoms with van der Waals surface area (Å²) in [6.45, 7) is 2.80. The molecule has 0 heterocycles. The molecule has 2 heteroatoms. The second-order valence-electron chi connectivity index (χ2n) is 3.34. The van der Waals surface area contributed by atoms with Gasteiger partial charge in [0.25, 0.3) is 0 Å². The van der Waals surface area contributed by atoms with Crippen molar-refractivity contribution in [2.24, 2.45) is 0 Å².